The van der Waals surface area contributed by atoms with Crippen molar-refractivity contribution in [2.75, 3.05) is 19.8 Å². The van der Waals surface area contributed by atoms with Crippen molar-refractivity contribution in [1.29, 1.82) is 0 Å². The maximum atomic E-state index is 12.4. The van der Waals surface area contributed by atoms with Crippen molar-refractivity contribution in [2.45, 2.75) is 6.92 Å². The number of benzene rings is 3. The molecule has 8 nitrogen and oxygen atoms in total. The normalized spacial score (nSPS) is 10.0. The lowest BCUT2D eigenvalue weighted by atomic mass is 10.2. The number of aryl methyl sites for hydroxylation is 1. The predicted octanol–water partition coefficient (Wildman–Crippen LogP) is 3.17. The van der Waals surface area contributed by atoms with Crippen LogP contribution >= 0.6 is 12.2 Å². The molecule has 0 radical (unpaired) electrons. The summed E-state index contributed by atoms with van der Waals surface area (Å²) in [6.07, 6.45) is 0. The second-order valence-electron chi connectivity index (χ2n) is 7.10. The Morgan fingerprint density at radius 3 is 2.15 bits per heavy atom. The number of amides is 2. The van der Waals surface area contributed by atoms with E-state index in [4.69, 9.17) is 26.4 Å². The first-order chi connectivity index (χ1) is 16.5. The van der Waals surface area contributed by atoms with Crippen LogP contribution in [0.4, 0.5) is 0 Å². The highest BCUT2D eigenvalue weighted by molar-refractivity contribution is 7.80. The first kappa shape index (κ1) is 24.5. The average molecular weight is 480 g/mol. The molecule has 3 N–H and O–H groups in total. The van der Waals surface area contributed by atoms with Crippen molar-refractivity contribution in [2.24, 2.45) is 0 Å². The monoisotopic (exact) mass is 479 g/mol. The van der Waals surface area contributed by atoms with Crippen molar-refractivity contribution in [3.63, 3.8) is 0 Å². The van der Waals surface area contributed by atoms with Gasteiger partial charge in [0.2, 0.25) is 0 Å². The van der Waals surface area contributed by atoms with Gasteiger partial charge in [-0.25, -0.2) is 0 Å². The number of ether oxygens (including phenoxy) is 3. The first-order valence-corrected chi connectivity index (χ1v) is 10.9. The molecule has 34 heavy (non-hydrogen) atoms. The van der Waals surface area contributed by atoms with Gasteiger partial charge >= 0.3 is 0 Å². The van der Waals surface area contributed by atoms with Gasteiger partial charge in [0, 0.05) is 5.56 Å². The van der Waals surface area contributed by atoms with E-state index in [0.717, 1.165) is 11.3 Å². The number of para-hydroxylation sites is 1. The summed E-state index contributed by atoms with van der Waals surface area (Å²) in [5.74, 6) is 0.947. The number of thiocarbonyl (C=S) groups is 1. The number of hydrogen-bond acceptors (Lipinski definition) is 6. The van der Waals surface area contributed by atoms with Crippen molar-refractivity contribution in [3.05, 3.63) is 90.0 Å². The Kier molecular flexibility index (Phi) is 9.24. The third-order valence-corrected chi connectivity index (χ3v) is 4.60. The van der Waals surface area contributed by atoms with Crippen LogP contribution in [0.5, 0.6) is 17.2 Å². The number of nitrogens with one attached hydrogen (secondary N) is 3. The van der Waals surface area contributed by atoms with Crippen LogP contribution in [0, 0.1) is 6.92 Å². The third-order valence-electron chi connectivity index (χ3n) is 4.39. The number of carbonyl (C=O) groups excluding carboxylic acids is 2. The van der Waals surface area contributed by atoms with E-state index in [1.165, 1.54) is 0 Å². The van der Waals surface area contributed by atoms with Crippen LogP contribution in [0.25, 0.3) is 0 Å². The fourth-order valence-corrected chi connectivity index (χ4v) is 2.86. The van der Waals surface area contributed by atoms with Crippen molar-refractivity contribution < 1.29 is 23.8 Å². The van der Waals surface area contributed by atoms with Gasteiger partial charge in [-0.3, -0.25) is 25.8 Å². The summed E-state index contributed by atoms with van der Waals surface area (Å²) in [4.78, 5) is 24.4. The van der Waals surface area contributed by atoms with Crippen LogP contribution in [0.15, 0.2) is 78.9 Å². The van der Waals surface area contributed by atoms with Gasteiger partial charge in [0.1, 0.15) is 30.5 Å². The molecule has 3 aromatic carbocycles. The van der Waals surface area contributed by atoms with Gasteiger partial charge in [-0.15, -0.1) is 0 Å². The third kappa shape index (κ3) is 8.44. The Hall–Kier alpha value is -4.11. The molecule has 0 fully saturated rings. The van der Waals surface area contributed by atoms with Crippen LogP contribution in [-0.2, 0) is 4.79 Å². The number of rotatable bonds is 9. The highest BCUT2D eigenvalue weighted by Gasteiger charge is 2.10. The maximum absolute atomic E-state index is 12.4. The molecule has 0 atom stereocenters. The zero-order chi connectivity index (χ0) is 24.2. The fourth-order valence-electron chi connectivity index (χ4n) is 2.72. The molecule has 0 aromatic heterocycles. The highest BCUT2D eigenvalue weighted by atomic mass is 32.1. The van der Waals surface area contributed by atoms with Gasteiger partial charge < -0.3 is 14.2 Å². The molecule has 0 heterocycles. The van der Waals surface area contributed by atoms with Gasteiger partial charge in [-0.05, 0) is 61.6 Å². The molecule has 0 aliphatic carbocycles. The lowest BCUT2D eigenvalue weighted by Gasteiger charge is -2.12. The molecule has 2 amide bonds. The Labute approximate surface area is 203 Å². The molecule has 3 rings (SSSR count). The molecule has 0 unspecified atom stereocenters. The zero-order valence-corrected chi connectivity index (χ0v) is 19.4. The number of hydrazine groups is 1. The Balaban J connectivity index is 1.37. The van der Waals surface area contributed by atoms with Crippen LogP contribution in [0.1, 0.15) is 15.9 Å². The minimum Gasteiger partial charge on any atom is -0.490 e. The lowest BCUT2D eigenvalue weighted by Crippen LogP contribution is -2.49. The molecule has 3 aromatic rings. The first-order valence-electron chi connectivity index (χ1n) is 10.5. The van der Waals surface area contributed by atoms with E-state index in [2.05, 4.69) is 16.2 Å². The van der Waals surface area contributed by atoms with Gasteiger partial charge in [-0.2, -0.15) is 0 Å². The van der Waals surface area contributed by atoms with E-state index < -0.39 is 11.8 Å². The van der Waals surface area contributed by atoms with E-state index in [1.807, 2.05) is 49.4 Å². The molecule has 0 saturated heterocycles. The van der Waals surface area contributed by atoms with Gasteiger partial charge in [0.05, 0.1) is 0 Å². The number of carbonyl (C=O) groups is 2. The topological polar surface area (TPSA) is 97.9 Å². The summed E-state index contributed by atoms with van der Waals surface area (Å²) in [5.41, 5.74) is 6.28. The van der Waals surface area contributed by atoms with E-state index in [9.17, 15) is 9.59 Å². The second kappa shape index (κ2) is 12.8. The Bertz CT molecular complexity index is 1110. The summed E-state index contributed by atoms with van der Waals surface area (Å²) in [5, 5.41) is 2.43. The minimum absolute atomic E-state index is 0.0590. The largest absolute Gasteiger partial charge is 0.490 e. The van der Waals surface area contributed by atoms with Crippen LogP contribution in [-0.4, -0.2) is 36.7 Å². The second-order valence-corrected chi connectivity index (χ2v) is 7.50. The SMILES string of the molecule is Cc1ccc(OCC(=O)NNC(=S)NC(=O)c2cccc(OCCOc3ccccc3)c2)cc1. The van der Waals surface area contributed by atoms with Gasteiger partial charge in [0.25, 0.3) is 11.8 Å². The summed E-state index contributed by atoms with van der Waals surface area (Å²) in [6, 6.07) is 23.4. The average Bonchev–Trinajstić information content (AvgIpc) is 2.86. The Morgan fingerprint density at radius 1 is 0.765 bits per heavy atom. The van der Waals surface area contributed by atoms with Crippen molar-refractivity contribution >= 4 is 29.1 Å². The maximum Gasteiger partial charge on any atom is 0.276 e. The van der Waals surface area contributed by atoms with E-state index in [1.54, 1.807) is 36.4 Å². The summed E-state index contributed by atoms with van der Waals surface area (Å²) in [7, 11) is 0. The molecule has 0 aliphatic rings. The van der Waals surface area contributed by atoms with Crippen LogP contribution in [0.3, 0.4) is 0 Å². The predicted molar refractivity (Wildman–Crippen MR) is 132 cm³/mol. The van der Waals surface area contributed by atoms with E-state index in [0.29, 0.717) is 30.3 Å². The molecular formula is C25H25N3O5S. The molecular weight excluding hydrogens is 454 g/mol. The molecule has 0 aliphatic heterocycles. The molecule has 9 heteroatoms. The lowest BCUT2D eigenvalue weighted by molar-refractivity contribution is -0.123. The van der Waals surface area contributed by atoms with E-state index >= 15 is 0 Å². The highest BCUT2D eigenvalue weighted by Crippen LogP contribution is 2.14. The van der Waals surface area contributed by atoms with Gasteiger partial charge in [0.15, 0.2) is 11.7 Å². The van der Waals surface area contributed by atoms with Crippen LogP contribution < -0.4 is 30.4 Å². The standard InChI is InChI=1S/C25H25N3O5S/c1-18-10-12-21(13-11-18)33-17-23(29)27-28-25(34)26-24(30)19-6-5-9-22(16-19)32-15-14-31-20-7-3-2-4-8-20/h2-13,16H,14-15,17H2,1H3,(H,27,29)(H2,26,28,30,34). The zero-order valence-electron chi connectivity index (χ0n) is 18.6. The van der Waals surface area contributed by atoms with Crippen molar-refractivity contribution in [1.82, 2.24) is 16.2 Å². The van der Waals surface area contributed by atoms with Gasteiger partial charge in [-0.1, -0.05) is 42.0 Å². The molecule has 0 spiro atoms. The molecule has 0 bridgehead atoms. The summed E-state index contributed by atoms with van der Waals surface area (Å²) >= 11 is 5.06. The summed E-state index contributed by atoms with van der Waals surface area (Å²) in [6.45, 7) is 2.43. The smallest absolute Gasteiger partial charge is 0.276 e. The molecule has 0 saturated carbocycles. The Morgan fingerprint density at radius 2 is 1.41 bits per heavy atom. The van der Waals surface area contributed by atoms with E-state index in [-0.39, 0.29) is 11.7 Å². The number of hydrogen-bond donors (Lipinski definition) is 3. The minimum atomic E-state index is -0.453. The quantitative estimate of drug-likeness (QED) is 0.246. The van der Waals surface area contributed by atoms with Crippen LogP contribution in [0.2, 0.25) is 0 Å². The fraction of sp³-hybridized carbons (Fsp3) is 0.160. The summed E-state index contributed by atoms with van der Waals surface area (Å²) < 4.78 is 16.6. The molecule has 176 valence electrons. The van der Waals surface area contributed by atoms with Crippen molar-refractivity contribution in [3.8, 4) is 17.2 Å².